The Bertz CT molecular complexity index is 1230. The number of amides is 1. The number of aryl methyl sites for hydroxylation is 1. The first-order valence-corrected chi connectivity index (χ1v) is 10.9. The Balaban J connectivity index is 1.39. The van der Waals surface area contributed by atoms with Crippen molar-refractivity contribution in [3.63, 3.8) is 0 Å². The number of carbonyl (C=O) groups excluding carboxylic acids is 1. The SMILES string of the molecule is Cc1ccc(C(=O)N2C[C@@H]3C[C@@H](Nc4ccc(C(F)(F)F)cn4)[C@@H]2C3)c(-c2ncccc2F)n1. The summed E-state index contributed by atoms with van der Waals surface area (Å²) in [4.78, 5) is 27.7. The van der Waals surface area contributed by atoms with Crippen LogP contribution in [0.5, 0.6) is 0 Å². The molecule has 10 heteroatoms. The van der Waals surface area contributed by atoms with Gasteiger partial charge in [0.2, 0.25) is 0 Å². The van der Waals surface area contributed by atoms with Gasteiger partial charge in [-0.25, -0.2) is 9.37 Å². The molecule has 176 valence electrons. The fourth-order valence-corrected chi connectivity index (χ4v) is 4.88. The Morgan fingerprint density at radius 2 is 1.91 bits per heavy atom. The van der Waals surface area contributed by atoms with Crippen LogP contribution >= 0.6 is 0 Å². The van der Waals surface area contributed by atoms with Crippen molar-refractivity contribution in [3.05, 3.63) is 71.4 Å². The van der Waals surface area contributed by atoms with E-state index in [1.807, 2.05) is 0 Å². The molecule has 1 N–H and O–H groups in total. The van der Waals surface area contributed by atoms with E-state index in [9.17, 15) is 22.4 Å². The quantitative estimate of drug-likeness (QED) is 0.558. The number of carbonyl (C=O) groups is 1. The highest BCUT2D eigenvalue weighted by Crippen LogP contribution is 2.40. The summed E-state index contributed by atoms with van der Waals surface area (Å²) in [6.07, 6.45) is -0.648. The average Bonchev–Trinajstić information content (AvgIpc) is 3.39. The van der Waals surface area contributed by atoms with E-state index in [1.54, 1.807) is 24.0 Å². The Labute approximate surface area is 193 Å². The molecule has 5 rings (SSSR count). The van der Waals surface area contributed by atoms with Crippen LogP contribution in [0.1, 0.15) is 34.5 Å². The molecule has 1 saturated carbocycles. The number of rotatable bonds is 4. The van der Waals surface area contributed by atoms with Gasteiger partial charge in [-0.05, 0) is 62.1 Å². The minimum absolute atomic E-state index is 0.0162. The number of piperidine rings is 1. The molecule has 3 atom stereocenters. The molecule has 2 fully saturated rings. The average molecular weight is 471 g/mol. The van der Waals surface area contributed by atoms with Gasteiger partial charge < -0.3 is 10.2 Å². The van der Waals surface area contributed by atoms with E-state index < -0.39 is 17.6 Å². The molecule has 2 bridgehead atoms. The minimum Gasteiger partial charge on any atom is -0.365 e. The first kappa shape index (κ1) is 22.2. The zero-order chi connectivity index (χ0) is 24.0. The number of pyridine rings is 3. The van der Waals surface area contributed by atoms with Crippen LogP contribution < -0.4 is 5.32 Å². The number of anilines is 1. The zero-order valence-electron chi connectivity index (χ0n) is 18.2. The number of hydrogen-bond donors (Lipinski definition) is 1. The van der Waals surface area contributed by atoms with E-state index in [4.69, 9.17) is 0 Å². The Kier molecular flexibility index (Phi) is 5.45. The van der Waals surface area contributed by atoms with Crippen molar-refractivity contribution in [3.8, 4) is 11.4 Å². The van der Waals surface area contributed by atoms with Gasteiger partial charge in [0.25, 0.3) is 5.91 Å². The molecule has 1 saturated heterocycles. The number of likely N-dealkylation sites (tertiary alicyclic amines) is 1. The summed E-state index contributed by atoms with van der Waals surface area (Å²) in [6, 6.07) is 8.05. The molecule has 3 aromatic rings. The molecule has 0 spiro atoms. The van der Waals surface area contributed by atoms with Gasteiger partial charge in [-0.3, -0.25) is 14.8 Å². The summed E-state index contributed by atoms with van der Waals surface area (Å²) in [7, 11) is 0. The largest absolute Gasteiger partial charge is 0.417 e. The lowest BCUT2D eigenvalue weighted by molar-refractivity contribution is -0.137. The minimum atomic E-state index is -4.45. The maximum atomic E-state index is 14.5. The smallest absolute Gasteiger partial charge is 0.365 e. The number of nitrogens with one attached hydrogen (secondary N) is 1. The van der Waals surface area contributed by atoms with E-state index in [2.05, 4.69) is 20.3 Å². The molecule has 1 amide bonds. The summed E-state index contributed by atoms with van der Waals surface area (Å²) < 4.78 is 52.9. The van der Waals surface area contributed by atoms with Gasteiger partial charge in [-0.1, -0.05) is 0 Å². The second-order valence-electron chi connectivity index (χ2n) is 8.73. The monoisotopic (exact) mass is 471 g/mol. The zero-order valence-corrected chi connectivity index (χ0v) is 18.2. The summed E-state index contributed by atoms with van der Waals surface area (Å²) in [6.45, 7) is 2.31. The molecule has 1 aliphatic heterocycles. The molecular weight excluding hydrogens is 450 g/mol. The lowest BCUT2D eigenvalue weighted by Crippen LogP contribution is -2.48. The van der Waals surface area contributed by atoms with E-state index in [0.29, 0.717) is 18.1 Å². The van der Waals surface area contributed by atoms with Crippen molar-refractivity contribution in [2.45, 2.75) is 38.0 Å². The first-order chi connectivity index (χ1) is 16.2. The molecule has 0 radical (unpaired) electrons. The predicted octanol–water partition coefficient (Wildman–Crippen LogP) is 4.72. The number of fused-ring (bicyclic) bond motifs is 2. The van der Waals surface area contributed by atoms with Crippen molar-refractivity contribution in [1.82, 2.24) is 19.9 Å². The van der Waals surface area contributed by atoms with Gasteiger partial charge in [-0.15, -0.1) is 0 Å². The fourth-order valence-electron chi connectivity index (χ4n) is 4.88. The highest BCUT2D eigenvalue weighted by molar-refractivity contribution is 6.00. The van der Waals surface area contributed by atoms with Gasteiger partial charge in [0, 0.05) is 30.7 Å². The van der Waals surface area contributed by atoms with Crippen LogP contribution in [0.25, 0.3) is 11.4 Å². The fraction of sp³-hybridized carbons (Fsp3) is 0.333. The maximum Gasteiger partial charge on any atom is 0.417 e. The van der Waals surface area contributed by atoms with E-state index >= 15 is 0 Å². The highest BCUT2D eigenvalue weighted by atomic mass is 19.4. The standard InChI is InChI=1S/C24H21F4N5O/c1-13-4-6-16(21(31-13)22-17(25)3-2-8-29-22)23(34)33-12-14-9-18(19(33)10-14)32-20-7-5-15(11-30-20)24(26,27)28/h2-8,11,14,18-19H,9-10,12H2,1H3,(H,30,32)/t14-,18-,19+/m1/s1. The highest BCUT2D eigenvalue weighted by Gasteiger charge is 2.47. The number of nitrogens with zero attached hydrogens (tertiary/aromatic N) is 4. The van der Waals surface area contributed by atoms with Crippen LogP contribution in [0.3, 0.4) is 0 Å². The van der Waals surface area contributed by atoms with Gasteiger partial charge in [0.05, 0.1) is 17.2 Å². The van der Waals surface area contributed by atoms with Crippen molar-refractivity contribution in [2.24, 2.45) is 5.92 Å². The maximum absolute atomic E-state index is 14.5. The molecule has 4 heterocycles. The molecule has 3 aromatic heterocycles. The molecule has 0 aromatic carbocycles. The molecular formula is C24H21F4N5O. The first-order valence-electron chi connectivity index (χ1n) is 10.9. The van der Waals surface area contributed by atoms with Crippen molar-refractivity contribution >= 4 is 11.7 Å². The third-order valence-electron chi connectivity index (χ3n) is 6.41. The summed E-state index contributed by atoms with van der Waals surface area (Å²) in [5.74, 6) is -0.252. The van der Waals surface area contributed by atoms with E-state index in [1.165, 1.54) is 24.4 Å². The number of alkyl halides is 3. The number of hydrogen-bond acceptors (Lipinski definition) is 5. The topological polar surface area (TPSA) is 71.0 Å². The van der Waals surface area contributed by atoms with Crippen LogP contribution in [-0.2, 0) is 6.18 Å². The van der Waals surface area contributed by atoms with Gasteiger partial charge in [-0.2, -0.15) is 13.2 Å². The second kappa shape index (κ2) is 8.34. The lowest BCUT2D eigenvalue weighted by Gasteiger charge is -2.34. The molecule has 6 nitrogen and oxygen atoms in total. The van der Waals surface area contributed by atoms with Crippen molar-refractivity contribution < 1.29 is 22.4 Å². The molecule has 0 unspecified atom stereocenters. The molecule has 2 aliphatic rings. The van der Waals surface area contributed by atoms with Crippen LogP contribution in [-0.4, -0.2) is 44.4 Å². The Morgan fingerprint density at radius 3 is 2.59 bits per heavy atom. The van der Waals surface area contributed by atoms with E-state index in [0.717, 1.165) is 25.1 Å². The summed E-state index contributed by atoms with van der Waals surface area (Å²) >= 11 is 0. The summed E-state index contributed by atoms with van der Waals surface area (Å²) in [5, 5.41) is 3.19. The van der Waals surface area contributed by atoms with Gasteiger partial charge in [0.1, 0.15) is 17.2 Å². The molecule has 1 aliphatic carbocycles. The third kappa shape index (κ3) is 4.08. The van der Waals surface area contributed by atoms with Crippen molar-refractivity contribution in [1.29, 1.82) is 0 Å². The second-order valence-corrected chi connectivity index (χ2v) is 8.73. The Hall–Kier alpha value is -3.56. The van der Waals surface area contributed by atoms with E-state index in [-0.39, 0.29) is 40.9 Å². The number of aromatic nitrogens is 3. The summed E-state index contributed by atoms with van der Waals surface area (Å²) in [5.41, 5.74) is 0.292. The lowest BCUT2D eigenvalue weighted by atomic mass is 10.0. The normalized spacial score (nSPS) is 21.7. The third-order valence-corrected chi connectivity index (χ3v) is 6.41. The van der Waals surface area contributed by atoms with Gasteiger partial charge in [0.15, 0.2) is 5.82 Å². The molecule has 34 heavy (non-hydrogen) atoms. The van der Waals surface area contributed by atoms with Crippen LogP contribution in [0.2, 0.25) is 0 Å². The predicted molar refractivity (Wildman–Crippen MR) is 116 cm³/mol. The van der Waals surface area contributed by atoms with Gasteiger partial charge >= 0.3 is 6.18 Å². The van der Waals surface area contributed by atoms with Crippen molar-refractivity contribution in [2.75, 3.05) is 11.9 Å². The van der Waals surface area contributed by atoms with Crippen LogP contribution in [0, 0.1) is 18.7 Å². The number of halogens is 4. The Morgan fingerprint density at radius 1 is 1.09 bits per heavy atom. The van der Waals surface area contributed by atoms with Crippen LogP contribution in [0.4, 0.5) is 23.4 Å². The van der Waals surface area contributed by atoms with Crippen LogP contribution in [0.15, 0.2) is 48.8 Å².